The van der Waals surface area contributed by atoms with E-state index >= 15 is 0 Å². The van der Waals surface area contributed by atoms with Gasteiger partial charge in [0, 0.05) is 24.8 Å². The average molecular weight is 324 g/mol. The predicted octanol–water partition coefficient (Wildman–Crippen LogP) is 2.94. The normalized spacial score (nSPS) is 11.6. The highest BCUT2D eigenvalue weighted by molar-refractivity contribution is 5.75. The molecular formula is C19H24N4O. The molecule has 2 aromatic rings. The molecule has 0 aliphatic carbocycles. The van der Waals surface area contributed by atoms with Crippen LogP contribution in [0.4, 0.5) is 4.79 Å². The van der Waals surface area contributed by atoms with Crippen LogP contribution >= 0.6 is 0 Å². The molecule has 5 nitrogen and oxygen atoms in total. The topological polar surface area (TPSA) is 50.2 Å². The second kappa shape index (κ2) is 7.69. The van der Waals surface area contributed by atoms with E-state index in [1.54, 1.807) is 15.8 Å². The van der Waals surface area contributed by atoms with Crippen molar-refractivity contribution in [3.05, 3.63) is 52.8 Å². The van der Waals surface area contributed by atoms with Gasteiger partial charge in [0.05, 0.1) is 18.8 Å². The van der Waals surface area contributed by atoms with Crippen molar-refractivity contribution in [1.82, 2.24) is 20.0 Å². The Hall–Kier alpha value is -2.74. The average Bonchev–Trinajstić information content (AvgIpc) is 2.88. The first-order valence-electron chi connectivity index (χ1n) is 7.95. The molecule has 0 aliphatic rings. The van der Waals surface area contributed by atoms with Gasteiger partial charge in [0.1, 0.15) is 0 Å². The number of benzene rings is 1. The van der Waals surface area contributed by atoms with Gasteiger partial charge in [0.25, 0.3) is 0 Å². The molecule has 0 bridgehead atoms. The number of terminal acetylenes is 1. The van der Waals surface area contributed by atoms with E-state index in [0.29, 0.717) is 6.54 Å². The maximum Gasteiger partial charge on any atom is 0.318 e. The number of rotatable bonds is 5. The zero-order chi connectivity index (χ0) is 17.7. The van der Waals surface area contributed by atoms with Crippen molar-refractivity contribution in [3.8, 4) is 12.3 Å². The molecule has 0 saturated heterocycles. The third kappa shape index (κ3) is 4.17. The highest BCUT2D eigenvalue weighted by Crippen LogP contribution is 2.16. The van der Waals surface area contributed by atoms with Crippen molar-refractivity contribution in [2.75, 3.05) is 6.54 Å². The van der Waals surface area contributed by atoms with E-state index < -0.39 is 0 Å². The van der Waals surface area contributed by atoms with Crippen LogP contribution in [0.2, 0.25) is 0 Å². The summed E-state index contributed by atoms with van der Waals surface area (Å²) in [4.78, 5) is 14.2. The quantitative estimate of drug-likeness (QED) is 0.860. The summed E-state index contributed by atoms with van der Waals surface area (Å²) >= 11 is 0. The smallest absolute Gasteiger partial charge is 0.318 e. The van der Waals surface area contributed by atoms with Crippen LogP contribution in [0, 0.1) is 26.2 Å². The summed E-state index contributed by atoms with van der Waals surface area (Å²) in [6.07, 6.45) is 7.21. The summed E-state index contributed by atoms with van der Waals surface area (Å²) in [5.74, 6) is 2.56. The Kier molecular flexibility index (Phi) is 5.64. The van der Waals surface area contributed by atoms with E-state index in [-0.39, 0.29) is 18.6 Å². The number of carbonyl (C=O) groups is 1. The molecule has 0 radical (unpaired) electrons. The molecular weight excluding hydrogens is 300 g/mol. The molecule has 1 atom stereocenters. The Bertz CT molecular complexity index is 740. The summed E-state index contributed by atoms with van der Waals surface area (Å²) < 4.78 is 1.80. The van der Waals surface area contributed by atoms with E-state index in [1.807, 2.05) is 52.1 Å². The fourth-order valence-corrected chi connectivity index (χ4v) is 2.52. The standard InChI is InChI=1S/C19H24N4O/c1-6-11-23(13-17-9-7-14(2)8-10-17)19(24)21-15(3)18-12-20-22(5)16(18)4/h1,7-10,12,15H,11,13H2,2-5H3,(H,21,24). The largest absolute Gasteiger partial charge is 0.331 e. The SMILES string of the molecule is C#CCN(Cc1ccc(C)cc1)C(=O)NC(C)c1cnn(C)c1C. The minimum atomic E-state index is -0.177. The Morgan fingerprint density at radius 1 is 1.38 bits per heavy atom. The van der Waals surface area contributed by atoms with E-state index in [9.17, 15) is 4.79 Å². The lowest BCUT2D eigenvalue weighted by molar-refractivity contribution is 0.198. The summed E-state index contributed by atoms with van der Waals surface area (Å²) in [5.41, 5.74) is 4.27. The number of aromatic nitrogens is 2. The van der Waals surface area contributed by atoms with Gasteiger partial charge in [-0.25, -0.2) is 4.79 Å². The molecule has 1 unspecified atom stereocenters. The number of aryl methyl sites for hydroxylation is 2. The highest BCUT2D eigenvalue weighted by Gasteiger charge is 2.18. The molecule has 0 saturated carbocycles. The van der Waals surface area contributed by atoms with Crippen molar-refractivity contribution < 1.29 is 4.79 Å². The highest BCUT2D eigenvalue weighted by atomic mass is 16.2. The zero-order valence-electron chi connectivity index (χ0n) is 14.7. The van der Waals surface area contributed by atoms with Crippen LogP contribution in [0.1, 0.15) is 35.3 Å². The molecule has 1 N–H and O–H groups in total. The fraction of sp³-hybridized carbons (Fsp3) is 0.368. The van der Waals surface area contributed by atoms with Crippen molar-refractivity contribution in [2.24, 2.45) is 7.05 Å². The minimum Gasteiger partial charge on any atom is -0.331 e. The van der Waals surface area contributed by atoms with Crippen LogP contribution in [-0.4, -0.2) is 27.3 Å². The van der Waals surface area contributed by atoms with Crippen LogP contribution in [0.15, 0.2) is 30.5 Å². The summed E-state index contributed by atoms with van der Waals surface area (Å²) in [6, 6.07) is 7.78. The fourth-order valence-electron chi connectivity index (χ4n) is 2.52. The molecule has 1 aromatic carbocycles. The zero-order valence-corrected chi connectivity index (χ0v) is 14.7. The van der Waals surface area contributed by atoms with Crippen molar-refractivity contribution >= 4 is 6.03 Å². The number of urea groups is 1. The summed E-state index contributed by atoms with van der Waals surface area (Å²) in [5, 5.41) is 7.23. The predicted molar refractivity (Wildman–Crippen MR) is 95.3 cm³/mol. The molecule has 0 spiro atoms. The number of carbonyl (C=O) groups excluding carboxylic acids is 1. The van der Waals surface area contributed by atoms with Gasteiger partial charge in [-0.2, -0.15) is 5.10 Å². The van der Waals surface area contributed by atoms with Crippen molar-refractivity contribution in [2.45, 2.75) is 33.4 Å². The lowest BCUT2D eigenvalue weighted by Crippen LogP contribution is -2.41. The van der Waals surface area contributed by atoms with E-state index in [1.165, 1.54) is 5.56 Å². The molecule has 1 aromatic heterocycles. The van der Waals surface area contributed by atoms with Gasteiger partial charge >= 0.3 is 6.03 Å². The van der Waals surface area contributed by atoms with Gasteiger partial charge < -0.3 is 10.2 Å². The molecule has 126 valence electrons. The number of nitrogens with zero attached hydrogens (tertiary/aromatic N) is 3. The van der Waals surface area contributed by atoms with Gasteiger partial charge in [0.15, 0.2) is 0 Å². The van der Waals surface area contributed by atoms with Gasteiger partial charge in [-0.3, -0.25) is 4.68 Å². The molecule has 24 heavy (non-hydrogen) atoms. The second-order valence-corrected chi connectivity index (χ2v) is 6.03. The van der Waals surface area contributed by atoms with Crippen LogP contribution in [0.25, 0.3) is 0 Å². The van der Waals surface area contributed by atoms with E-state index in [0.717, 1.165) is 16.8 Å². The first-order chi connectivity index (χ1) is 11.4. The van der Waals surface area contributed by atoms with Crippen LogP contribution in [0.3, 0.4) is 0 Å². The lowest BCUT2D eigenvalue weighted by Gasteiger charge is -2.23. The van der Waals surface area contributed by atoms with Crippen LogP contribution in [0.5, 0.6) is 0 Å². The molecule has 0 aliphatic heterocycles. The third-order valence-electron chi connectivity index (χ3n) is 4.14. The van der Waals surface area contributed by atoms with Gasteiger partial charge in [-0.15, -0.1) is 6.42 Å². The molecule has 5 heteroatoms. The number of nitrogens with one attached hydrogen (secondary N) is 1. The molecule has 2 amide bonds. The molecule has 0 fully saturated rings. The Labute approximate surface area is 143 Å². The lowest BCUT2D eigenvalue weighted by atomic mass is 10.1. The van der Waals surface area contributed by atoms with Gasteiger partial charge in [0.2, 0.25) is 0 Å². The number of hydrogen-bond donors (Lipinski definition) is 1. The van der Waals surface area contributed by atoms with E-state index in [2.05, 4.69) is 16.3 Å². The third-order valence-corrected chi connectivity index (χ3v) is 4.14. The Balaban J connectivity index is 2.07. The second-order valence-electron chi connectivity index (χ2n) is 6.03. The summed E-state index contributed by atoms with van der Waals surface area (Å²) in [6.45, 7) is 6.71. The van der Waals surface area contributed by atoms with E-state index in [4.69, 9.17) is 6.42 Å². The first-order valence-corrected chi connectivity index (χ1v) is 7.95. The first kappa shape index (κ1) is 17.6. The maximum absolute atomic E-state index is 12.6. The number of hydrogen-bond acceptors (Lipinski definition) is 2. The Morgan fingerprint density at radius 3 is 2.58 bits per heavy atom. The minimum absolute atomic E-state index is 0.135. The van der Waals surface area contributed by atoms with Crippen molar-refractivity contribution in [1.29, 1.82) is 0 Å². The van der Waals surface area contributed by atoms with Gasteiger partial charge in [-0.05, 0) is 26.3 Å². The molecule has 1 heterocycles. The van der Waals surface area contributed by atoms with Crippen LogP contribution < -0.4 is 5.32 Å². The number of amides is 2. The Morgan fingerprint density at radius 2 is 2.04 bits per heavy atom. The van der Waals surface area contributed by atoms with Gasteiger partial charge in [-0.1, -0.05) is 35.7 Å². The summed E-state index contributed by atoms with van der Waals surface area (Å²) in [7, 11) is 1.88. The molecule has 2 rings (SSSR count). The van der Waals surface area contributed by atoms with Crippen molar-refractivity contribution in [3.63, 3.8) is 0 Å². The monoisotopic (exact) mass is 324 g/mol. The van der Waals surface area contributed by atoms with Crippen LogP contribution in [-0.2, 0) is 13.6 Å². The maximum atomic E-state index is 12.6.